The van der Waals surface area contributed by atoms with Crippen LogP contribution in [0.4, 0.5) is 13.2 Å². The number of nitrogens with zero attached hydrogens (tertiary/aromatic N) is 1. The van der Waals surface area contributed by atoms with Gasteiger partial charge in [-0.2, -0.15) is 13.2 Å². The highest BCUT2D eigenvalue weighted by Gasteiger charge is 2.27. The van der Waals surface area contributed by atoms with Crippen LogP contribution in [0.15, 0.2) is 0 Å². The SMILES string of the molecule is CCCNCc1sc(CCC(F)(F)F)nc1CCC. The Morgan fingerprint density at radius 3 is 2.47 bits per heavy atom. The lowest BCUT2D eigenvalue weighted by molar-refractivity contribution is -0.134. The highest BCUT2D eigenvalue weighted by Crippen LogP contribution is 2.26. The van der Waals surface area contributed by atoms with Gasteiger partial charge in [0.1, 0.15) is 0 Å². The first-order valence-corrected chi connectivity index (χ1v) is 7.52. The Morgan fingerprint density at radius 2 is 1.89 bits per heavy atom. The molecule has 0 aromatic carbocycles. The molecule has 2 nitrogen and oxygen atoms in total. The number of aromatic nitrogens is 1. The van der Waals surface area contributed by atoms with Crippen LogP contribution in [0.1, 0.15) is 48.7 Å². The number of hydrogen-bond acceptors (Lipinski definition) is 3. The minimum Gasteiger partial charge on any atom is -0.312 e. The van der Waals surface area contributed by atoms with Crippen molar-refractivity contribution in [1.82, 2.24) is 10.3 Å². The zero-order chi connectivity index (χ0) is 14.3. The lowest BCUT2D eigenvalue weighted by Crippen LogP contribution is -2.13. The second-order valence-electron chi connectivity index (χ2n) is 4.52. The molecule has 0 atom stereocenters. The van der Waals surface area contributed by atoms with Gasteiger partial charge < -0.3 is 5.32 Å². The van der Waals surface area contributed by atoms with Crippen molar-refractivity contribution in [1.29, 1.82) is 0 Å². The van der Waals surface area contributed by atoms with Crippen molar-refractivity contribution < 1.29 is 13.2 Å². The third kappa shape index (κ3) is 6.38. The molecule has 0 spiro atoms. The van der Waals surface area contributed by atoms with Crippen LogP contribution in [-0.2, 0) is 19.4 Å². The summed E-state index contributed by atoms with van der Waals surface area (Å²) in [5.41, 5.74) is 0.966. The molecule has 0 fully saturated rings. The van der Waals surface area contributed by atoms with Gasteiger partial charge in [0.25, 0.3) is 0 Å². The summed E-state index contributed by atoms with van der Waals surface area (Å²) in [6, 6.07) is 0. The Kier molecular flexibility index (Phi) is 6.79. The van der Waals surface area contributed by atoms with E-state index in [-0.39, 0.29) is 6.42 Å². The average Bonchev–Trinajstić information content (AvgIpc) is 2.70. The number of halogens is 3. The summed E-state index contributed by atoms with van der Waals surface area (Å²) in [7, 11) is 0. The van der Waals surface area contributed by atoms with Crippen molar-refractivity contribution in [2.24, 2.45) is 0 Å². The van der Waals surface area contributed by atoms with Crippen LogP contribution in [0.5, 0.6) is 0 Å². The van der Waals surface area contributed by atoms with Gasteiger partial charge in [-0.05, 0) is 19.4 Å². The van der Waals surface area contributed by atoms with Crippen molar-refractivity contribution in [2.45, 2.75) is 58.7 Å². The van der Waals surface area contributed by atoms with E-state index >= 15 is 0 Å². The highest BCUT2D eigenvalue weighted by atomic mass is 32.1. The lowest BCUT2D eigenvalue weighted by Gasteiger charge is -2.02. The lowest BCUT2D eigenvalue weighted by atomic mass is 10.2. The fourth-order valence-corrected chi connectivity index (χ4v) is 2.83. The molecular formula is C13H21F3N2S. The monoisotopic (exact) mass is 294 g/mol. The van der Waals surface area contributed by atoms with E-state index in [0.29, 0.717) is 11.6 Å². The number of aryl methyl sites for hydroxylation is 2. The first-order valence-electron chi connectivity index (χ1n) is 6.71. The molecule has 1 rings (SSSR count). The summed E-state index contributed by atoms with van der Waals surface area (Å²) in [4.78, 5) is 5.45. The molecule has 0 saturated carbocycles. The number of hydrogen-bond donors (Lipinski definition) is 1. The molecule has 1 N–H and O–H groups in total. The highest BCUT2D eigenvalue weighted by molar-refractivity contribution is 7.11. The van der Waals surface area contributed by atoms with Crippen molar-refractivity contribution >= 4 is 11.3 Å². The first kappa shape index (κ1) is 16.4. The standard InChI is InChI=1S/C13H21F3N2S/c1-3-5-10-11(9-17-8-4-2)19-12(18-10)6-7-13(14,15)16/h17H,3-9H2,1-2H3. The molecule has 0 saturated heterocycles. The second-order valence-corrected chi connectivity index (χ2v) is 5.69. The summed E-state index contributed by atoms with van der Waals surface area (Å²) >= 11 is 1.42. The first-order chi connectivity index (χ1) is 8.96. The third-order valence-electron chi connectivity index (χ3n) is 2.64. The molecule has 110 valence electrons. The number of nitrogens with one attached hydrogen (secondary N) is 1. The van der Waals surface area contributed by atoms with Gasteiger partial charge in [-0.3, -0.25) is 0 Å². The quantitative estimate of drug-likeness (QED) is 0.730. The van der Waals surface area contributed by atoms with Crippen LogP contribution >= 0.6 is 11.3 Å². The van der Waals surface area contributed by atoms with Gasteiger partial charge >= 0.3 is 6.18 Å². The number of rotatable bonds is 8. The molecule has 6 heteroatoms. The van der Waals surface area contributed by atoms with E-state index in [9.17, 15) is 13.2 Å². The summed E-state index contributed by atoms with van der Waals surface area (Å²) in [6.07, 6.45) is -2.04. The molecule has 0 radical (unpaired) electrons. The van der Waals surface area contributed by atoms with Crippen LogP contribution in [-0.4, -0.2) is 17.7 Å². The zero-order valence-corrected chi connectivity index (χ0v) is 12.3. The van der Waals surface area contributed by atoms with Gasteiger partial charge in [0.2, 0.25) is 0 Å². The molecule has 0 aliphatic rings. The van der Waals surface area contributed by atoms with Crippen molar-refractivity contribution in [3.63, 3.8) is 0 Å². The molecule has 1 aromatic rings. The van der Waals surface area contributed by atoms with Crippen LogP contribution in [0.3, 0.4) is 0 Å². The largest absolute Gasteiger partial charge is 0.389 e. The summed E-state index contributed by atoms with van der Waals surface area (Å²) < 4.78 is 36.6. The van der Waals surface area contributed by atoms with E-state index in [1.165, 1.54) is 11.3 Å². The molecule has 0 amide bonds. The van der Waals surface area contributed by atoms with Gasteiger partial charge in [-0.1, -0.05) is 20.3 Å². The van der Waals surface area contributed by atoms with Crippen LogP contribution < -0.4 is 5.32 Å². The maximum atomic E-state index is 12.2. The van der Waals surface area contributed by atoms with Gasteiger partial charge in [0, 0.05) is 24.3 Å². The normalized spacial score (nSPS) is 12.1. The van der Waals surface area contributed by atoms with Gasteiger partial charge in [-0.25, -0.2) is 4.98 Å². The minimum atomic E-state index is -4.10. The van der Waals surface area contributed by atoms with Crippen molar-refractivity contribution in [3.8, 4) is 0 Å². The van der Waals surface area contributed by atoms with E-state index in [2.05, 4.69) is 24.1 Å². The van der Waals surface area contributed by atoms with Crippen LogP contribution in [0.2, 0.25) is 0 Å². The predicted octanol–water partition coefficient (Wildman–Crippen LogP) is 4.09. The summed E-state index contributed by atoms with van der Waals surface area (Å²) in [6.45, 7) is 5.77. The number of alkyl halides is 3. The molecule has 19 heavy (non-hydrogen) atoms. The maximum absolute atomic E-state index is 12.2. The third-order valence-corrected chi connectivity index (χ3v) is 3.80. The fraction of sp³-hybridized carbons (Fsp3) is 0.769. The second kappa shape index (κ2) is 7.85. The summed E-state index contributed by atoms with van der Waals surface area (Å²) in [5.74, 6) is 0. The Balaban J connectivity index is 2.64. The minimum absolute atomic E-state index is 0.00133. The summed E-state index contributed by atoms with van der Waals surface area (Å²) in [5, 5.41) is 3.89. The van der Waals surface area contributed by atoms with E-state index in [0.717, 1.165) is 36.4 Å². The Labute approximate surface area is 116 Å². The van der Waals surface area contributed by atoms with Gasteiger partial charge in [-0.15, -0.1) is 11.3 Å². The topological polar surface area (TPSA) is 24.9 Å². The Morgan fingerprint density at radius 1 is 1.16 bits per heavy atom. The Bertz CT molecular complexity index is 374. The average molecular weight is 294 g/mol. The Hall–Kier alpha value is -0.620. The molecule has 0 unspecified atom stereocenters. The molecule has 0 aliphatic heterocycles. The van der Waals surface area contributed by atoms with Crippen LogP contribution in [0, 0.1) is 0 Å². The van der Waals surface area contributed by atoms with Crippen molar-refractivity contribution in [3.05, 3.63) is 15.6 Å². The molecule has 0 bridgehead atoms. The molecule has 1 aromatic heterocycles. The smallest absolute Gasteiger partial charge is 0.312 e. The van der Waals surface area contributed by atoms with E-state index < -0.39 is 12.6 Å². The van der Waals surface area contributed by atoms with Gasteiger partial charge in [0.15, 0.2) is 0 Å². The van der Waals surface area contributed by atoms with E-state index in [4.69, 9.17) is 0 Å². The zero-order valence-electron chi connectivity index (χ0n) is 11.4. The molecule has 0 aliphatic carbocycles. The fourth-order valence-electron chi connectivity index (χ4n) is 1.74. The van der Waals surface area contributed by atoms with Crippen molar-refractivity contribution in [2.75, 3.05) is 6.54 Å². The number of thiazole rings is 1. The predicted molar refractivity (Wildman–Crippen MR) is 72.5 cm³/mol. The maximum Gasteiger partial charge on any atom is 0.389 e. The van der Waals surface area contributed by atoms with Gasteiger partial charge in [0.05, 0.1) is 10.7 Å². The van der Waals surface area contributed by atoms with Crippen LogP contribution in [0.25, 0.3) is 0 Å². The molecular weight excluding hydrogens is 273 g/mol. The van der Waals surface area contributed by atoms with E-state index in [1.807, 2.05) is 0 Å². The molecule has 1 heterocycles. The van der Waals surface area contributed by atoms with E-state index in [1.54, 1.807) is 0 Å².